The molecule has 1 aromatic heterocycles. The normalized spacial score (nSPS) is 10.6. The number of methoxy groups -OCH3 is 1. The van der Waals surface area contributed by atoms with Gasteiger partial charge < -0.3 is 4.74 Å². The van der Waals surface area contributed by atoms with Gasteiger partial charge in [-0.05, 0) is 31.0 Å². The first-order chi connectivity index (χ1) is 9.52. The van der Waals surface area contributed by atoms with Gasteiger partial charge in [0.1, 0.15) is 10.9 Å². The zero-order valence-corrected chi connectivity index (χ0v) is 12.0. The molecule has 0 spiro atoms. The largest absolute Gasteiger partial charge is 0.497 e. The summed E-state index contributed by atoms with van der Waals surface area (Å²) in [5.41, 5.74) is 0.525. The quantitative estimate of drug-likeness (QED) is 0.874. The van der Waals surface area contributed by atoms with Crippen molar-refractivity contribution in [1.29, 1.82) is 0 Å². The second-order valence-electron chi connectivity index (χ2n) is 4.42. The van der Waals surface area contributed by atoms with Crippen molar-refractivity contribution in [2.24, 2.45) is 0 Å². The van der Waals surface area contributed by atoms with Crippen LogP contribution in [0.3, 0.4) is 0 Å². The lowest BCUT2D eigenvalue weighted by Crippen LogP contribution is -2.37. The van der Waals surface area contributed by atoms with Gasteiger partial charge in [0.2, 0.25) is 0 Å². The molecule has 2 aromatic rings. The molecule has 1 N–H and O–H groups in total. The Morgan fingerprint density at radius 2 is 1.90 bits per heavy atom. The van der Waals surface area contributed by atoms with Gasteiger partial charge in [-0.2, -0.15) is 0 Å². The first kappa shape index (κ1) is 14.4. The molecule has 0 unspecified atom stereocenters. The van der Waals surface area contributed by atoms with Gasteiger partial charge in [0.15, 0.2) is 0 Å². The minimum atomic E-state index is -0.487. The molecule has 0 amide bonds. The zero-order chi connectivity index (χ0) is 14.7. The van der Waals surface area contributed by atoms with Crippen LogP contribution in [0.15, 0.2) is 33.9 Å². The second kappa shape index (κ2) is 5.96. The Labute approximate surface area is 120 Å². The average molecular weight is 295 g/mol. The molecule has 0 saturated carbocycles. The summed E-state index contributed by atoms with van der Waals surface area (Å²) >= 11 is 5.76. The van der Waals surface area contributed by atoms with Crippen LogP contribution in [0.25, 0.3) is 0 Å². The number of aromatic nitrogens is 2. The number of aromatic amines is 1. The molecule has 0 bridgehead atoms. The minimum Gasteiger partial charge on any atom is -0.497 e. The molecular weight excluding hydrogens is 280 g/mol. The lowest BCUT2D eigenvalue weighted by Gasteiger charge is -2.07. The number of benzene rings is 1. The van der Waals surface area contributed by atoms with Gasteiger partial charge in [-0.25, -0.2) is 4.79 Å². The minimum absolute atomic E-state index is 0.0979. The van der Waals surface area contributed by atoms with E-state index in [0.717, 1.165) is 15.9 Å². The molecule has 0 radical (unpaired) electrons. The third kappa shape index (κ3) is 2.93. The fourth-order valence-electron chi connectivity index (χ4n) is 1.88. The standard InChI is InChI=1S/C14H15ClN2O3/c1-9-12(15)16-14(19)17(13(9)18)8-7-10-3-5-11(20-2)6-4-10/h3-6H,7-8H2,1-2H3,(H,16,19). The summed E-state index contributed by atoms with van der Waals surface area (Å²) in [6, 6.07) is 7.49. The molecule has 0 aliphatic carbocycles. The summed E-state index contributed by atoms with van der Waals surface area (Å²) in [4.78, 5) is 26.2. The number of hydrogen-bond acceptors (Lipinski definition) is 3. The molecule has 20 heavy (non-hydrogen) atoms. The lowest BCUT2D eigenvalue weighted by atomic mass is 10.1. The van der Waals surface area contributed by atoms with E-state index in [4.69, 9.17) is 16.3 Å². The summed E-state index contributed by atoms with van der Waals surface area (Å²) < 4.78 is 6.23. The zero-order valence-electron chi connectivity index (χ0n) is 11.3. The number of nitrogens with one attached hydrogen (secondary N) is 1. The fourth-order valence-corrected chi connectivity index (χ4v) is 2.04. The number of nitrogens with zero attached hydrogens (tertiary/aromatic N) is 1. The Balaban J connectivity index is 2.21. The van der Waals surface area contributed by atoms with Gasteiger partial charge in [0, 0.05) is 12.1 Å². The Morgan fingerprint density at radius 3 is 2.50 bits per heavy atom. The molecule has 0 aliphatic heterocycles. The highest BCUT2D eigenvalue weighted by Crippen LogP contribution is 2.12. The van der Waals surface area contributed by atoms with E-state index in [1.165, 1.54) is 0 Å². The summed E-state index contributed by atoms with van der Waals surface area (Å²) in [6.45, 7) is 1.89. The number of aryl methyl sites for hydroxylation is 1. The van der Waals surface area contributed by atoms with Crippen LogP contribution in [-0.2, 0) is 13.0 Å². The smallest absolute Gasteiger partial charge is 0.329 e. The maximum atomic E-state index is 12.0. The van der Waals surface area contributed by atoms with Gasteiger partial charge in [-0.1, -0.05) is 23.7 Å². The van der Waals surface area contributed by atoms with Crippen molar-refractivity contribution in [3.8, 4) is 5.75 Å². The Kier molecular flexibility index (Phi) is 4.29. The maximum Gasteiger partial charge on any atom is 0.329 e. The van der Waals surface area contributed by atoms with Crippen molar-refractivity contribution in [3.63, 3.8) is 0 Å². The Bertz CT molecular complexity index is 717. The molecular formula is C14H15ClN2O3. The average Bonchev–Trinajstić information content (AvgIpc) is 2.45. The number of halogens is 1. The molecule has 0 fully saturated rings. The lowest BCUT2D eigenvalue weighted by molar-refractivity contribution is 0.414. The molecule has 1 heterocycles. The first-order valence-electron chi connectivity index (χ1n) is 6.15. The van der Waals surface area contributed by atoms with E-state index in [9.17, 15) is 9.59 Å². The Hall–Kier alpha value is -2.01. The molecule has 5 nitrogen and oxygen atoms in total. The van der Waals surface area contributed by atoms with E-state index in [2.05, 4.69) is 4.98 Å². The third-order valence-corrected chi connectivity index (χ3v) is 3.52. The van der Waals surface area contributed by atoms with Crippen LogP contribution < -0.4 is 16.0 Å². The van der Waals surface area contributed by atoms with E-state index in [0.29, 0.717) is 18.5 Å². The number of ether oxygens (including phenoxy) is 1. The van der Waals surface area contributed by atoms with Crippen molar-refractivity contribution in [1.82, 2.24) is 9.55 Å². The van der Waals surface area contributed by atoms with E-state index < -0.39 is 5.69 Å². The molecule has 2 rings (SSSR count). The SMILES string of the molecule is COc1ccc(CCn2c(=O)[nH]c(Cl)c(C)c2=O)cc1. The van der Waals surface area contributed by atoms with Crippen LogP contribution in [0.4, 0.5) is 0 Å². The summed E-state index contributed by atoms with van der Waals surface area (Å²) in [6.07, 6.45) is 0.577. The van der Waals surface area contributed by atoms with Crippen molar-refractivity contribution in [2.75, 3.05) is 7.11 Å². The number of H-pyrrole nitrogens is 1. The molecule has 0 saturated heterocycles. The van der Waals surface area contributed by atoms with Crippen LogP contribution in [0, 0.1) is 6.92 Å². The highest BCUT2D eigenvalue weighted by Gasteiger charge is 2.08. The number of rotatable bonds is 4. The molecule has 0 atom stereocenters. The van der Waals surface area contributed by atoms with Crippen LogP contribution in [0.2, 0.25) is 5.15 Å². The number of hydrogen-bond donors (Lipinski definition) is 1. The van der Waals surface area contributed by atoms with Crippen molar-refractivity contribution in [3.05, 3.63) is 61.4 Å². The van der Waals surface area contributed by atoms with Gasteiger partial charge in [-0.15, -0.1) is 0 Å². The topological polar surface area (TPSA) is 64.1 Å². The van der Waals surface area contributed by atoms with Crippen LogP contribution in [0.5, 0.6) is 5.75 Å². The van der Waals surface area contributed by atoms with Crippen molar-refractivity contribution < 1.29 is 4.74 Å². The van der Waals surface area contributed by atoms with Crippen molar-refractivity contribution >= 4 is 11.6 Å². The van der Waals surface area contributed by atoms with E-state index >= 15 is 0 Å². The van der Waals surface area contributed by atoms with Crippen molar-refractivity contribution in [2.45, 2.75) is 19.9 Å². The maximum absolute atomic E-state index is 12.0. The van der Waals surface area contributed by atoms with E-state index in [-0.39, 0.29) is 10.7 Å². The second-order valence-corrected chi connectivity index (χ2v) is 4.80. The molecule has 0 aliphatic rings. The summed E-state index contributed by atoms with van der Waals surface area (Å²) in [7, 11) is 1.60. The van der Waals surface area contributed by atoms with Crippen LogP contribution in [0.1, 0.15) is 11.1 Å². The third-order valence-electron chi connectivity index (χ3n) is 3.14. The van der Waals surface area contributed by atoms with Gasteiger partial charge in [-0.3, -0.25) is 14.3 Å². The van der Waals surface area contributed by atoms with Gasteiger partial charge >= 0.3 is 5.69 Å². The molecule has 106 valence electrons. The van der Waals surface area contributed by atoms with Crippen LogP contribution >= 0.6 is 11.6 Å². The summed E-state index contributed by atoms with van der Waals surface area (Å²) in [5, 5.41) is 0.0979. The molecule has 1 aromatic carbocycles. The van der Waals surface area contributed by atoms with E-state index in [1.807, 2.05) is 24.3 Å². The van der Waals surface area contributed by atoms with Gasteiger partial charge in [0.05, 0.1) is 7.11 Å². The van der Waals surface area contributed by atoms with E-state index in [1.54, 1.807) is 14.0 Å². The molecule has 6 heteroatoms. The highest BCUT2D eigenvalue weighted by atomic mass is 35.5. The van der Waals surface area contributed by atoms with Crippen LogP contribution in [-0.4, -0.2) is 16.7 Å². The highest BCUT2D eigenvalue weighted by molar-refractivity contribution is 6.30. The predicted molar refractivity (Wildman–Crippen MR) is 77.8 cm³/mol. The first-order valence-corrected chi connectivity index (χ1v) is 6.53. The van der Waals surface area contributed by atoms with Gasteiger partial charge in [0.25, 0.3) is 5.56 Å². The Morgan fingerprint density at radius 1 is 1.25 bits per heavy atom. The summed E-state index contributed by atoms with van der Waals surface area (Å²) in [5.74, 6) is 0.770. The predicted octanol–water partition coefficient (Wildman–Crippen LogP) is 1.75. The fraction of sp³-hybridized carbons (Fsp3) is 0.286. The monoisotopic (exact) mass is 294 g/mol.